The first kappa shape index (κ1) is 14.1. The average Bonchev–Trinajstić information content (AvgIpc) is 3.04. The zero-order chi connectivity index (χ0) is 15.0. The van der Waals surface area contributed by atoms with Gasteiger partial charge in [0.05, 0.1) is 6.54 Å². The molecular formula is C13H11ClN2O4S. The maximum absolute atomic E-state index is 12.5. The Morgan fingerprint density at radius 2 is 2.29 bits per heavy atom. The van der Waals surface area contributed by atoms with Crippen LogP contribution < -0.4 is 5.32 Å². The van der Waals surface area contributed by atoms with Crippen LogP contribution in [0.25, 0.3) is 0 Å². The summed E-state index contributed by atoms with van der Waals surface area (Å²) in [6.45, 7) is 0.426. The summed E-state index contributed by atoms with van der Waals surface area (Å²) >= 11 is 10.9. The SMILES string of the molecule is O=C1OCCN1C(=O)[C@H]1NC(=S)O[C@@H]1c1cccc(Cl)c1. The smallest absolute Gasteiger partial charge is 0.416 e. The zero-order valence-electron chi connectivity index (χ0n) is 10.7. The number of nitrogens with one attached hydrogen (secondary N) is 1. The van der Waals surface area contributed by atoms with Crippen LogP contribution >= 0.6 is 23.8 Å². The number of hydrogen-bond donors (Lipinski definition) is 1. The maximum Gasteiger partial charge on any atom is 0.416 e. The number of carbonyl (C=O) groups is 2. The van der Waals surface area contributed by atoms with E-state index >= 15 is 0 Å². The highest BCUT2D eigenvalue weighted by molar-refractivity contribution is 7.80. The van der Waals surface area contributed by atoms with Crippen LogP contribution in [0.1, 0.15) is 11.7 Å². The van der Waals surface area contributed by atoms with E-state index in [-0.39, 0.29) is 18.3 Å². The van der Waals surface area contributed by atoms with E-state index in [9.17, 15) is 9.59 Å². The summed E-state index contributed by atoms with van der Waals surface area (Å²) in [5, 5.41) is 3.43. The predicted molar refractivity (Wildman–Crippen MR) is 77.9 cm³/mol. The molecule has 6 nitrogen and oxygen atoms in total. The summed E-state index contributed by atoms with van der Waals surface area (Å²) in [4.78, 5) is 25.0. The Labute approximate surface area is 130 Å². The number of thiocarbonyl (C=S) groups is 1. The number of carbonyl (C=O) groups excluding carboxylic acids is 2. The average molecular weight is 327 g/mol. The predicted octanol–water partition coefficient (Wildman–Crippen LogP) is 1.63. The van der Waals surface area contributed by atoms with Gasteiger partial charge in [0.2, 0.25) is 0 Å². The van der Waals surface area contributed by atoms with Gasteiger partial charge in [0, 0.05) is 5.02 Å². The minimum absolute atomic E-state index is 0.117. The number of nitrogens with zero attached hydrogens (tertiary/aromatic N) is 1. The van der Waals surface area contributed by atoms with Gasteiger partial charge in [0.15, 0.2) is 12.1 Å². The molecule has 2 fully saturated rings. The molecule has 0 spiro atoms. The van der Waals surface area contributed by atoms with E-state index in [4.69, 9.17) is 33.3 Å². The van der Waals surface area contributed by atoms with Gasteiger partial charge in [-0.25, -0.2) is 9.69 Å². The van der Waals surface area contributed by atoms with Crippen LogP contribution in [0.5, 0.6) is 0 Å². The molecular weight excluding hydrogens is 316 g/mol. The van der Waals surface area contributed by atoms with Gasteiger partial charge in [-0.15, -0.1) is 0 Å². The molecule has 0 unspecified atom stereocenters. The molecule has 0 saturated carbocycles. The van der Waals surface area contributed by atoms with Crippen molar-refractivity contribution in [2.24, 2.45) is 0 Å². The molecule has 0 aliphatic carbocycles. The van der Waals surface area contributed by atoms with Gasteiger partial charge in [0.1, 0.15) is 6.61 Å². The number of hydrogen-bond acceptors (Lipinski definition) is 5. The molecule has 21 heavy (non-hydrogen) atoms. The van der Waals surface area contributed by atoms with Gasteiger partial charge in [-0.1, -0.05) is 23.7 Å². The van der Waals surface area contributed by atoms with Crippen molar-refractivity contribution in [3.8, 4) is 0 Å². The number of amides is 2. The Hall–Kier alpha value is -1.86. The van der Waals surface area contributed by atoms with Gasteiger partial charge in [-0.2, -0.15) is 0 Å². The fourth-order valence-corrected chi connectivity index (χ4v) is 2.75. The molecule has 2 saturated heterocycles. The van der Waals surface area contributed by atoms with Gasteiger partial charge in [-0.05, 0) is 29.9 Å². The lowest BCUT2D eigenvalue weighted by Crippen LogP contribution is -2.46. The first-order valence-electron chi connectivity index (χ1n) is 6.27. The Bertz CT molecular complexity index is 624. The summed E-state index contributed by atoms with van der Waals surface area (Å²) in [5.41, 5.74) is 0.709. The third-order valence-corrected chi connectivity index (χ3v) is 3.73. The monoisotopic (exact) mass is 326 g/mol. The summed E-state index contributed by atoms with van der Waals surface area (Å²) in [6, 6.07) is 6.19. The summed E-state index contributed by atoms with van der Waals surface area (Å²) in [7, 11) is 0. The number of rotatable bonds is 2. The van der Waals surface area contributed by atoms with Crippen LogP contribution in [-0.2, 0) is 14.3 Å². The number of halogens is 1. The van der Waals surface area contributed by atoms with Gasteiger partial charge in [-0.3, -0.25) is 4.79 Å². The lowest BCUT2D eigenvalue weighted by atomic mass is 10.0. The first-order valence-corrected chi connectivity index (χ1v) is 7.05. The molecule has 2 amide bonds. The van der Waals surface area contributed by atoms with Gasteiger partial charge < -0.3 is 14.8 Å². The van der Waals surface area contributed by atoms with Crippen LogP contribution in [-0.4, -0.2) is 41.3 Å². The Morgan fingerprint density at radius 1 is 1.48 bits per heavy atom. The normalized spacial score (nSPS) is 24.5. The Kier molecular flexibility index (Phi) is 3.69. The van der Waals surface area contributed by atoms with E-state index in [0.717, 1.165) is 4.90 Å². The highest BCUT2D eigenvalue weighted by atomic mass is 35.5. The van der Waals surface area contributed by atoms with E-state index in [1.807, 2.05) is 0 Å². The molecule has 2 aliphatic heterocycles. The number of benzene rings is 1. The molecule has 1 aromatic rings. The Balaban J connectivity index is 1.87. The van der Waals surface area contributed by atoms with E-state index < -0.39 is 24.1 Å². The quantitative estimate of drug-likeness (QED) is 0.833. The van der Waals surface area contributed by atoms with Crippen molar-refractivity contribution >= 4 is 41.0 Å². The molecule has 110 valence electrons. The third kappa shape index (κ3) is 2.66. The lowest BCUT2D eigenvalue weighted by Gasteiger charge is -2.20. The van der Waals surface area contributed by atoms with Crippen LogP contribution in [0.15, 0.2) is 24.3 Å². The highest BCUT2D eigenvalue weighted by Crippen LogP contribution is 2.29. The molecule has 2 heterocycles. The lowest BCUT2D eigenvalue weighted by molar-refractivity contribution is -0.130. The van der Waals surface area contributed by atoms with Crippen molar-refractivity contribution in [1.82, 2.24) is 10.2 Å². The van der Waals surface area contributed by atoms with Crippen molar-refractivity contribution in [1.29, 1.82) is 0 Å². The Morgan fingerprint density at radius 3 is 2.95 bits per heavy atom. The standard InChI is InChI=1S/C13H11ClN2O4S/c14-8-3-1-2-7(6-8)10-9(15-12(21)20-10)11(17)16-4-5-19-13(16)18/h1-3,6,9-10H,4-5H2,(H,15,21)/t9-,10+/m0/s1. The third-order valence-electron chi connectivity index (χ3n) is 3.28. The molecule has 0 bridgehead atoms. The van der Waals surface area contributed by atoms with E-state index in [1.165, 1.54) is 0 Å². The van der Waals surface area contributed by atoms with Crippen molar-refractivity contribution in [2.45, 2.75) is 12.1 Å². The molecule has 2 atom stereocenters. The van der Waals surface area contributed by atoms with E-state index in [2.05, 4.69) is 5.32 Å². The van der Waals surface area contributed by atoms with Crippen molar-refractivity contribution in [2.75, 3.05) is 13.2 Å². The number of ether oxygens (including phenoxy) is 2. The number of imide groups is 1. The summed E-state index contributed by atoms with van der Waals surface area (Å²) in [6.07, 6.45) is -1.28. The zero-order valence-corrected chi connectivity index (χ0v) is 12.3. The van der Waals surface area contributed by atoms with Crippen LogP contribution in [0, 0.1) is 0 Å². The first-order chi connectivity index (χ1) is 10.1. The topological polar surface area (TPSA) is 67.9 Å². The van der Waals surface area contributed by atoms with Gasteiger partial charge in [0.25, 0.3) is 11.1 Å². The molecule has 0 radical (unpaired) electrons. The fourth-order valence-electron chi connectivity index (χ4n) is 2.32. The number of cyclic esters (lactones) is 1. The molecule has 2 aliphatic rings. The van der Waals surface area contributed by atoms with Crippen molar-refractivity contribution < 1.29 is 19.1 Å². The van der Waals surface area contributed by atoms with Crippen LogP contribution in [0.4, 0.5) is 4.79 Å². The maximum atomic E-state index is 12.5. The summed E-state index contributed by atoms with van der Waals surface area (Å²) < 4.78 is 10.3. The molecule has 1 aromatic carbocycles. The second-order valence-corrected chi connectivity index (χ2v) is 5.41. The van der Waals surface area contributed by atoms with Crippen LogP contribution in [0.3, 0.4) is 0 Å². The van der Waals surface area contributed by atoms with Crippen molar-refractivity contribution in [3.63, 3.8) is 0 Å². The highest BCUT2D eigenvalue weighted by Gasteiger charge is 2.43. The van der Waals surface area contributed by atoms with Crippen LogP contribution in [0.2, 0.25) is 5.02 Å². The fraction of sp³-hybridized carbons (Fsp3) is 0.308. The molecule has 8 heteroatoms. The second kappa shape index (κ2) is 5.50. The van der Waals surface area contributed by atoms with Crippen molar-refractivity contribution in [3.05, 3.63) is 34.9 Å². The minimum Gasteiger partial charge on any atom is -0.460 e. The molecule has 0 aromatic heterocycles. The minimum atomic E-state index is -0.776. The van der Waals surface area contributed by atoms with Gasteiger partial charge >= 0.3 is 6.09 Å². The van der Waals surface area contributed by atoms with E-state index in [1.54, 1.807) is 24.3 Å². The summed E-state index contributed by atoms with van der Waals surface area (Å²) in [5.74, 6) is -0.428. The largest absolute Gasteiger partial charge is 0.460 e. The molecule has 3 rings (SSSR count). The molecule has 1 N–H and O–H groups in total. The second-order valence-electron chi connectivity index (χ2n) is 4.61. The van der Waals surface area contributed by atoms with E-state index in [0.29, 0.717) is 10.6 Å².